The Labute approximate surface area is 155 Å². The number of nitrogens with one attached hydrogen (secondary N) is 1. The molecule has 0 aliphatic heterocycles. The Hall–Kier alpha value is -3.19. The molecule has 0 atom stereocenters. The van der Waals surface area contributed by atoms with Crippen molar-refractivity contribution in [3.05, 3.63) is 60.5 Å². The second-order valence-electron chi connectivity index (χ2n) is 5.52. The standard InChI is InChI=1S/C19H17N5OS/c1-20-18-16(15-4-3-11-26-15)17(13-5-7-14(25-2)8-6-13)22-19(23-18)24-10-9-21-12-24/h3-12H,1-2H3,(H,20,22,23). The van der Waals surface area contributed by atoms with Gasteiger partial charge in [-0.1, -0.05) is 6.07 Å². The number of ether oxygens (including phenoxy) is 1. The molecule has 0 bridgehead atoms. The van der Waals surface area contributed by atoms with Crippen molar-refractivity contribution in [3.8, 4) is 33.4 Å². The first-order chi connectivity index (χ1) is 12.8. The minimum atomic E-state index is 0.568. The molecule has 1 N–H and O–H groups in total. The van der Waals surface area contributed by atoms with Gasteiger partial charge < -0.3 is 10.1 Å². The minimum absolute atomic E-state index is 0.568. The number of hydrogen-bond acceptors (Lipinski definition) is 6. The zero-order chi connectivity index (χ0) is 17.9. The molecule has 0 saturated carbocycles. The lowest BCUT2D eigenvalue weighted by Gasteiger charge is -2.15. The quantitative estimate of drug-likeness (QED) is 0.578. The molecule has 0 fully saturated rings. The molecule has 3 aromatic heterocycles. The monoisotopic (exact) mass is 363 g/mol. The lowest BCUT2D eigenvalue weighted by atomic mass is 10.0. The van der Waals surface area contributed by atoms with Gasteiger partial charge in [0.1, 0.15) is 17.9 Å². The number of nitrogens with zero attached hydrogens (tertiary/aromatic N) is 4. The summed E-state index contributed by atoms with van der Waals surface area (Å²) in [5.41, 5.74) is 2.84. The summed E-state index contributed by atoms with van der Waals surface area (Å²) in [7, 11) is 3.53. The third-order valence-corrected chi connectivity index (χ3v) is 4.89. The predicted molar refractivity (Wildman–Crippen MR) is 104 cm³/mol. The molecule has 0 amide bonds. The van der Waals surface area contributed by atoms with Crippen LogP contribution in [0.25, 0.3) is 27.6 Å². The third kappa shape index (κ3) is 2.93. The Bertz CT molecular complexity index is 995. The number of benzene rings is 1. The third-order valence-electron chi connectivity index (χ3n) is 4.00. The van der Waals surface area contributed by atoms with E-state index in [1.165, 1.54) is 0 Å². The second kappa shape index (κ2) is 6.97. The number of thiophene rings is 1. The molecular weight excluding hydrogens is 346 g/mol. The van der Waals surface area contributed by atoms with Gasteiger partial charge >= 0.3 is 0 Å². The summed E-state index contributed by atoms with van der Waals surface area (Å²) in [6, 6.07) is 12.0. The Balaban J connectivity index is 1.97. The van der Waals surface area contributed by atoms with Crippen LogP contribution in [0, 0.1) is 0 Å². The van der Waals surface area contributed by atoms with Crippen molar-refractivity contribution >= 4 is 17.2 Å². The molecule has 4 rings (SSSR count). The van der Waals surface area contributed by atoms with E-state index in [0.717, 1.165) is 33.3 Å². The van der Waals surface area contributed by atoms with Gasteiger partial charge in [-0.2, -0.15) is 4.98 Å². The fourth-order valence-corrected chi connectivity index (χ4v) is 3.51. The van der Waals surface area contributed by atoms with E-state index in [0.29, 0.717) is 5.95 Å². The maximum Gasteiger partial charge on any atom is 0.237 e. The van der Waals surface area contributed by atoms with Crippen molar-refractivity contribution in [2.45, 2.75) is 0 Å². The van der Waals surface area contributed by atoms with E-state index in [9.17, 15) is 0 Å². The summed E-state index contributed by atoms with van der Waals surface area (Å²) >= 11 is 1.66. The summed E-state index contributed by atoms with van der Waals surface area (Å²) in [4.78, 5) is 14.7. The molecule has 0 saturated heterocycles. The Morgan fingerprint density at radius 1 is 1.12 bits per heavy atom. The largest absolute Gasteiger partial charge is 0.497 e. The first-order valence-electron chi connectivity index (χ1n) is 8.06. The molecule has 3 heterocycles. The molecule has 0 radical (unpaired) electrons. The first-order valence-corrected chi connectivity index (χ1v) is 8.94. The fourth-order valence-electron chi connectivity index (χ4n) is 2.73. The Morgan fingerprint density at radius 2 is 1.96 bits per heavy atom. The molecule has 26 heavy (non-hydrogen) atoms. The van der Waals surface area contributed by atoms with Gasteiger partial charge in [0.2, 0.25) is 5.95 Å². The number of rotatable bonds is 5. The average Bonchev–Trinajstić information content (AvgIpc) is 3.41. The zero-order valence-corrected chi connectivity index (χ0v) is 15.2. The second-order valence-corrected chi connectivity index (χ2v) is 6.47. The Kier molecular flexibility index (Phi) is 4.37. The lowest BCUT2D eigenvalue weighted by molar-refractivity contribution is 0.415. The summed E-state index contributed by atoms with van der Waals surface area (Å²) in [5, 5.41) is 5.27. The van der Waals surface area contributed by atoms with Crippen molar-refractivity contribution < 1.29 is 4.74 Å². The molecule has 0 aliphatic rings. The van der Waals surface area contributed by atoms with E-state index in [1.807, 2.05) is 43.6 Å². The smallest absolute Gasteiger partial charge is 0.237 e. The van der Waals surface area contributed by atoms with Crippen molar-refractivity contribution in [2.75, 3.05) is 19.5 Å². The van der Waals surface area contributed by atoms with E-state index in [4.69, 9.17) is 14.7 Å². The SMILES string of the molecule is CNc1nc(-n2ccnc2)nc(-c2ccc(OC)cc2)c1-c1cccs1. The molecule has 6 nitrogen and oxygen atoms in total. The van der Waals surface area contributed by atoms with Crippen LogP contribution in [0.3, 0.4) is 0 Å². The van der Waals surface area contributed by atoms with E-state index >= 15 is 0 Å². The summed E-state index contributed by atoms with van der Waals surface area (Å²) in [6.45, 7) is 0. The topological polar surface area (TPSA) is 64.9 Å². The molecule has 130 valence electrons. The van der Waals surface area contributed by atoms with Crippen molar-refractivity contribution in [1.29, 1.82) is 0 Å². The zero-order valence-electron chi connectivity index (χ0n) is 14.4. The molecule has 1 aromatic carbocycles. The van der Waals surface area contributed by atoms with Gasteiger partial charge in [0, 0.05) is 29.9 Å². The van der Waals surface area contributed by atoms with Gasteiger partial charge in [-0.15, -0.1) is 11.3 Å². The van der Waals surface area contributed by atoms with Crippen molar-refractivity contribution in [3.63, 3.8) is 0 Å². The highest BCUT2D eigenvalue weighted by Gasteiger charge is 2.18. The van der Waals surface area contributed by atoms with Gasteiger partial charge in [0.25, 0.3) is 0 Å². The van der Waals surface area contributed by atoms with E-state index in [-0.39, 0.29) is 0 Å². The molecule has 4 aromatic rings. The average molecular weight is 363 g/mol. The van der Waals surface area contributed by atoms with Crippen LogP contribution in [0.2, 0.25) is 0 Å². The van der Waals surface area contributed by atoms with E-state index in [2.05, 4.69) is 21.7 Å². The molecule has 0 aliphatic carbocycles. The molecular formula is C19H17N5OS. The number of imidazole rings is 1. The Morgan fingerprint density at radius 3 is 2.58 bits per heavy atom. The van der Waals surface area contributed by atoms with Crippen LogP contribution < -0.4 is 10.1 Å². The van der Waals surface area contributed by atoms with Crippen LogP contribution in [-0.4, -0.2) is 33.7 Å². The van der Waals surface area contributed by atoms with Crippen LogP contribution >= 0.6 is 11.3 Å². The van der Waals surface area contributed by atoms with Crippen LogP contribution in [0.15, 0.2) is 60.5 Å². The maximum atomic E-state index is 5.28. The van der Waals surface area contributed by atoms with Crippen LogP contribution in [0.5, 0.6) is 5.75 Å². The number of hydrogen-bond donors (Lipinski definition) is 1. The maximum absolute atomic E-state index is 5.28. The molecule has 7 heteroatoms. The number of aromatic nitrogens is 4. The highest BCUT2D eigenvalue weighted by atomic mass is 32.1. The predicted octanol–water partition coefficient (Wildman–Crippen LogP) is 4.11. The van der Waals surface area contributed by atoms with Crippen molar-refractivity contribution in [1.82, 2.24) is 19.5 Å². The molecule has 0 spiro atoms. The summed E-state index contributed by atoms with van der Waals surface area (Å²) < 4.78 is 7.08. The van der Waals surface area contributed by atoms with Crippen molar-refractivity contribution in [2.24, 2.45) is 0 Å². The molecule has 0 unspecified atom stereocenters. The number of methoxy groups -OCH3 is 1. The van der Waals surface area contributed by atoms with Gasteiger partial charge in [0.05, 0.1) is 18.4 Å². The summed E-state index contributed by atoms with van der Waals surface area (Å²) in [6.07, 6.45) is 5.23. The van der Waals surface area contributed by atoms with Crippen LogP contribution in [0.4, 0.5) is 5.82 Å². The normalized spacial score (nSPS) is 10.7. The van der Waals surface area contributed by atoms with Gasteiger partial charge in [0.15, 0.2) is 0 Å². The first kappa shape index (κ1) is 16.3. The lowest BCUT2D eigenvalue weighted by Crippen LogP contribution is -2.06. The number of anilines is 1. The van der Waals surface area contributed by atoms with E-state index < -0.39 is 0 Å². The highest BCUT2D eigenvalue weighted by molar-refractivity contribution is 7.13. The van der Waals surface area contributed by atoms with Gasteiger partial charge in [-0.3, -0.25) is 4.57 Å². The summed E-state index contributed by atoms with van der Waals surface area (Å²) in [5.74, 6) is 2.15. The van der Waals surface area contributed by atoms with Gasteiger partial charge in [-0.25, -0.2) is 9.97 Å². The highest BCUT2D eigenvalue weighted by Crippen LogP contribution is 2.38. The fraction of sp³-hybridized carbons (Fsp3) is 0.105. The van der Waals surface area contributed by atoms with Crippen LogP contribution in [-0.2, 0) is 0 Å². The van der Waals surface area contributed by atoms with E-state index in [1.54, 1.807) is 35.5 Å². The van der Waals surface area contributed by atoms with Crippen LogP contribution in [0.1, 0.15) is 0 Å². The minimum Gasteiger partial charge on any atom is -0.497 e. The van der Waals surface area contributed by atoms with Gasteiger partial charge in [-0.05, 0) is 35.7 Å².